The molecule has 2 aromatic heterocycles. The van der Waals surface area contributed by atoms with Crippen LogP contribution in [-0.4, -0.2) is 30.6 Å². The predicted molar refractivity (Wildman–Crippen MR) is 134 cm³/mol. The maximum absolute atomic E-state index is 13.2. The zero-order valence-corrected chi connectivity index (χ0v) is 19.1. The summed E-state index contributed by atoms with van der Waals surface area (Å²) in [5, 5.41) is 31.4. The smallest absolute Gasteiger partial charge is 0.268 e. The Hall–Kier alpha value is -4.72. The zero-order chi connectivity index (χ0) is 24.7. The van der Waals surface area contributed by atoms with Crippen LogP contribution < -0.4 is 11.1 Å². The highest BCUT2D eigenvalue weighted by Crippen LogP contribution is 2.40. The summed E-state index contributed by atoms with van der Waals surface area (Å²) in [5.74, 6) is -1.50. The van der Waals surface area contributed by atoms with Crippen molar-refractivity contribution in [2.75, 3.05) is 0 Å². The van der Waals surface area contributed by atoms with Gasteiger partial charge in [0.05, 0.1) is 22.5 Å². The average molecular weight is 469 g/mol. The zero-order valence-electron chi connectivity index (χ0n) is 19.1. The summed E-state index contributed by atoms with van der Waals surface area (Å²) in [6.45, 7) is 3.94. The molecule has 0 fully saturated rings. The second kappa shape index (κ2) is 8.57. The molecule has 3 aromatic carbocycles. The number of aromatic amines is 4. The summed E-state index contributed by atoms with van der Waals surface area (Å²) < 4.78 is 0. The van der Waals surface area contributed by atoms with E-state index < -0.39 is 17.0 Å². The van der Waals surface area contributed by atoms with Crippen molar-refractivity contribution in [2.24, 2.45) is 0 Å². The van der Waals surface area contributed by atoms with Gasteiger partial charge in [-0.25, -0.2) is 0 Å². The van der Waals surface area contributed by atoms with Gasteiger partial charge in [0.2, 0.25) is 0 Å². The highest BCUT2D eigenvalue weighted by molar-refractivity contribution is 5.71. The number of phenols is 2. The molecule has 35 heavy (non-hydrogen) atoms. The molecule has 0 unspecified atom stereocenters. The molecular formula is C27H24N4O4. The van der Waals surface area contributed by atoms with Gasteiger partial charge in [-0.2, -0.15) is 0 Å². The van der Waals surface area contributed by atoms with E-state index in [1.54, 1.807) is 6.07 Å². The molecule has 0 spiro atoms. The molecule has 8 nitrogen and oxygen atoms in total. The molecular weight excluding hydrogens is 444 g/mol. The van der Waals surface area contributed by atoms with Gasteiger partial charge in [-0.05, 0) is 42.7 Å². The van der Waals surface area contributed by atoms with Crippen molar-refractivity contribution in [1.29, 1.82) is 0 Å². The second-order valence-corrected chi connectivity index (χ2v) is 8.65. The largest absolute Gasteiger partial charge is 0.504 e. The standard InChI is InChI=1S/C27H24N4O4/c1-14-3-7-16(8-4-14)24-22(26(34)30-28-24)21(18-11-12-19(32)20(33)13-18)23-25(29-31-27(23)35)17-9-5-15(2)6-10-17/h3-13,21,32-33H,1-2H3,(H2,28,30,34)(H2,29,31,35). The second-order valence-electron chi connectivity index (χ2n) is 8.65. The Labute approximate surface area is 199 Å². The Balaban J connectivity index is 1.81. The molecule has 2 heterocycles. The SMILES string of the molecule is Cc1ccc(-c2[nH][nH]c(=O)c2C(c2ccc(O)c(O)c2)c2c(-c3ccc(C)cc3)[nH][nH]c2=O)cc1. The molecule has 176 valence electrons. The van der Waals surface area contributed by atoms with Crippen molar-refractivity contribution >= 4 is 0 Å². The summed E-state index contributed by atoms with van der Waals surface area (Å²) in [7, 11) is 0. The van der Waals surface area contributed by atoms with Crippen molar-refractivity contribution in [3.8, 4) is 34.0 Å². The van der Waals surface area contributed by atoms with E-state index in [1.165, 1.54) is 12.1 Å². The molecule has 0 aliphatic carbocycles. The van der Waals surface area contributed by atoms with E-state index in [0.717, 1.165) is 22.3 Å². The van der Waals surface area contributed by atoms with Gasteiger partial charge in [0.15, 0.2) is 11.5 Å². The average Bonchev–Trinajstić information content (AvgIpc) is 3.41. The van der Waals surface area contributed by atoms with Crippen LogP contribution in [0.5, 0.6) is 11.5 Å². The molecule has 0 saturated heterocycles. The van der Waals surface area contributed by atoms with Gasteiger partial charge in [0, 0.05) is 5.92 Å². The van der Waals surface area contributed by atoms with Crippen molar-refractivity contribution < 1.29 is 10.2 Å². The van der Waals surface area contributed by atoms with E-state index in [-0.39, 0.29) is 11.5 Å². The molecule has 0 radical (unpaired) electrons. The molecule has 0 aliphatic rings. The number of hydrogen-bond donors (Lipinski definition) is 6. The minimum Gasteiger partial charge on any atom is -0.504 e. The fourth-order valence-corrected chi connectivity index (χ4v) is 4.38. The van der Waals surface area contributed by atoms with Gasteiger partial charge < -0.3 is 10.2 Å². The molecule has 5 aromatic rings. The maximum atomic E-state index is 13.2. The number of aromatic hydroxyl groups is 2. The highest BCUT2D eigenvalue weighted by Gasteiger charge is 2.31. The van der Waals surface area contributed by atoms with E-state index >= 15 is 0 Å². The van der Waals surface area contributed by atoms with Crippen LogP contribution in [0, 0.1) is 13.8 Å². The maximum Gasteiger partial charge on any atom is 0.268 e. The monoisotopic (exact) mass is 468 g/mol. The van der Waals surface area contributed by atoms with Gasteiger partial charge in [0.25, 0.3) is 11.1 Å². The first-order valence-electron chi connectivity index (χ1n) is 11.1. The van der Waals surface area contributed by atoms with E-state index in [0.29, 0.717) is 28.1 Å². The topological polar surface area (TPSA) is 138 Å². The van der Waals surface area contributed by atoms with Crippen molar-refractivity contribution in [3.05, 3.63) is 115 Å². The third kappa shape index (κ3) is 3.95. The number of phenolic OH excluding ortho intramolecular Hbond substituents is 2. The molecule has 0 saturated carbocycles. The Kier molecular flexibility index (Phi) is 5.41. The number of nitrogens with one attached hydrogen (secondary N) is 4. The Morgan fingerprint density at radius 1 is 0.600 bits per heavy atom. The van der Waals surface area contributed by atoms with Crippen LogP contribution in [0.25, 0.3) is 22.5 Å². The number of rotatable bonds is 5. The lowest BCUT2D eigenvalue weighted by Gasteiger charge is -2.18. The number of H-pyrrole nitrogens is 4. The van der Waals surface area contributed by atoms with Gasteiger partial charge in [-0.15, -0.1) is 0 Å². The van der Waals surface area contributed by atoms with Crippen molar-refractivity contribution in [3.63, 3.8) is 0 Å². The lowest BCUT2D eigenvalue weighted by molar-refractivity contribution is 0.403. The van der Waals surface area contributed by atoms with Gasteiger partial charge in [0.1, 0.15) is 0 Å². The fourth-order valence-electron chi connectivity index (χ4n) is 4.38. The summed E-state index contributed by atoms with van der Waals surface area (Å²) >= 11 is 0. The van der Waals surface area contributed by atoms with Crippen LogP contribution in [0.1, 0.15) is 33.7 Å². The Morgan fingerprint density at radius 2 is 1.06 bits per heavy atom. The molecule has 0 aliphatic heterocycles. The van der Waals surface area contributed by atoms with Crippen LogP contribution >= 0.6 is 0 Å². The molecule has 0 bridgehead atoms. The number of hydrogen-bond acceptors (Lipinski definition) is 4. The first-order chi connectivity index (χ1) is 16.8. The van der Waals surface area contributed by atoms with E-state index in [1.807, 2.05) is 62.4 Å². The van der Waals surface area contributed by atoms with Crippen molar-refractivity contribution in [2.45, 2.75) is 19.8 Å². The first kappa shape index (κ1) is 22.1. The van der Waals surface area contributed by atoms with Crippen molar-refractivity contribution in [1.82, 2.24) is 20.4 Å². The quantitative estimate of drug-likeness (QED) is 0.215. The minimum absolute atomic E-state index is 0.295. The summed E-state index contributed by atoms with van der Waals surface area (Å²) in [6.07, 6.45) is 0. The third-order valence-corrected chi connectivity index (χ3v) is 6.22. The predicted octanol–water partition coefficient (Wildman–Crippen LogP) is 4.26. The lowest BCUT2D eigenvalue weighted by Crippen LogP contribution is -2.20. The summed E-state index contributed by atoms with van der Waals surface area (Å²) in [6, 6.07) is 19.6. The minimum atomic E-state index is -0.862. The number of aryl methyl sites for hydroxylation is 2. The normalized spacial score (nSPS) is 11.3. The van der Waals surface area contributed by atoms with Crippen LogP contribution in [0.2, 0.25) is 0 Å². The first-order valence-corrected chi connectivity index (χ1v) is 11.1. The van der Waals surface area contributed by atoms with Gasteiger partial charge >= 0.3 is 0 Å². The number of aromatic nitrogens is 4. The highest BCUT2D eigenvalue weighted by atomic mass is 16.3. The Bertz CT molecular complexity index is 1520. The van der Waals surface area contributed by atoms with Crippen LogP contribution in [0.3, 0.4) is 0 Å². The molecule has 8 heteroatoms. The lowest BCUT2D eigenvalue weighted by atomic mass is 9.83. The molecule has 5 rings (SSSR count). The molecule has 0 atom stereocenters. The number of benzene rings is 3. The van der Waals surface area contributed by atoms with E-state index in [9.17, 15) is 19.8 Å². The van der Waals surface area contributed by atoms with Crippen LogP contribution in [0.4, 0.5) is 0 Å². The molecule has 6 N–H and O–H groups in total. The summed E-state index contributed by atoms with van der Waals surface area (Å²) in [5.41, 5.74) is 5.04. The van der Waals surface area contributed by atoms with E-state index in [4.69, 9.17) is 0 Å². The van der Waals surface area contributed by atoms with E-state index in [2.05, 4.69) is 20.4 Å². The fraction of sp³-hybridized carbons (Fsp3) is 0.111. The van der Waals surface area contributed by atoms with Gasteiger partial charge in [-0.3, -0.25) is 30.0 Å². The van der Waals surface area contributed by atoms with Crippen LogP contribution in [0.15, 0.2) is 76.3 Å². The third-order valence-electron chi connectivity index (χ3n) is 6.22. The molecule has 0 amide bonds. The van der Waals surface area contributed by atoms with Gasteiger partial charge in [-0.1, -0.05) is 65.7 Å². The Morgan fingerprint density at radius 3 is 1.49 bits per heavy atom. The van der Waals surface area contributed by atoms with Crippen LogP contribution in [-0.2, 0) is 0 Å². The summed E-state index contributed by atoms with van der Waals surface area (Å²) in [4.78, 5) is 26.4.